The van der Waals surface area contributed by atoms with Crippen molar-refractivity contribution in [2.75, 3.05) is 0 Å². The summed E-state index contributed by atoms with van der Waals surface area (Å²) in [6, 6.07) is 5.90. The van der Waals surface area contributed by atoms with E-state index in [-0.39, 0.29) is 5.78 Å². The highest BCUT2D eigenvalue weighted by molar-refractivity contribution is 5.96. The van der Waals surface area contributed by atoms with Crippen molar-refractivity contribution in [1.82, 2.24) is 14.8 Å². The van der Waals surface area contributed by atoms with Crippen LogP contribution in [0.5, 0.6) is 0 Å². The van der Waals surface area contributed by atoms with Crippen LogP contribution in [0.4, 0.5) is 0 Å². The fraction of sp³-hybridized carbons (Fsp3) is 0.400. The summed E-state index contributed by atoms with van der Waals surface area (Å²) in [5.41, 5.74) is 1.46. The molecule has 0 aliphatic heterocycles. The summed E-state index contributed by atoms with van der Waals surface area (Å²) in [5.74, 6) is 0.0582. The Morgan fingerprint density at radius 3 is 2.74 bits per heavy atom. The molecule has 0 bridgehead atoms. The average molecular weight is 257 g/mol. The van der Waals surface area contributed by atoms with Crippen molar-refractivity contribution < 1.29 is 4.79 Å². The number of nitrogens with zero attached hydrogens (tertiary/aromatic N) is 3. The standard InChI is InChI=1S/C15H19N3O/c1-3-14(4-2)18-9-7-13(17-18)10-15(19)12-6-5-8-16-11-12/h5-9,11,14H,3-4,10H2,1-2H3. The van der Waals surface area contributed by atoms with Crippen LogP contribution in [0.1, 0.15) is 48.8 Å². The zero-order chi connectivity index (χ0) is 13.7. The lowest BCUT2D eigenvalue weighted by Gasteiger charge is -2.12. The lowest BCUT2D eigenvalue weighted by atomic mass is 10.1. The molecule has 0 radical (unpaired) electrons. The van der Waals surface area contributed by atoms with E-state index < -0.39 is 0 Å². The van der Waals surface area contributed by atoms with Crippen molar-refractivity contribution in [3.8, 4) is 0 Å². The fourth-order valence-electron chi connectivity index (χ4n) is 2.13. The van der Waals surface area contributed by atoms with Crippen LogP contribution in [-0.2, 0) is 6.42 Å². The molecule has 0 aromatic carbocycles. The summed E-state index contributed by atoms with van der Waals surface area (Å²) >= 11 is 0. The first-order valence-electron chi connectivity index (χ1n) is 6.71. The molecule has 0 N–H and O–H groups in total. The number of hydrogen-bond donors (Lipinski definition) is 0. The van der Waals surface area contributed by atoms with Crippen LogP contribution < -0.4 is 0 Å². The minimum atomic E-state index is 0.0582. The number of ketones is 1. The van der Waals surface area contributed by atoms with Gasteiger partial charge in [0.1, 0.15) is 0 Å². The van der Waals surface area contributed by atoms with Crippen LogP contribution in [0.3, 0.4) is 0 Å². The molecule has 0 atom stereocenters. The van der Waals surface area contributed by atoms with Crippen LogP contribution in [0, 0.1) is 0 Å². The molecule has 100 valence electrons. The van der Waals surface area contributed by atoms with Gasteiger partial charge in [-0.2, -0.15) is 5.10 Å². The Labute approximate surface area is 113 Å². The van der Waals surface area contributed by atoms with Crippen molar-refractivity contribution >= 4 is 5.78 Å². The van der Waals surface area contributed by atoms with Crippen LogP contribution in [0.15, 0.2) is 36.8 Å². The number of carbonyl (C=O) groups is 1. The molecule has 0 amide bonds. The van der Waals surface area contributed by atoms with Gasteiger partial charge in [0.15, 0.2) is 5.78 Å². The van der Waals surface area contributed by atoms with Crippen molar-refractivity contribution in [1.29, 1.82) is 0 Å². The summed E-state index contributed by atoms with van der Waals surface area (Å²) in [6.07, 6.45) is 7.66. The number of rotatable bonds is 6. The molecule has 0 fully saturated rings. The Balaban J connectivity index is 2.06. The number of Topliss-reactive ketones (excluding diaryl/α,β-unsaturated/α-hetero) is 1. The molecule has 4 heteroatoms. The van der Waals surface area contributed by atoms with Crippen LogP contribution in [0.25, 0.3) is 0 Å². The van der Waals surface area contributed by atoms with Gasteiger partial charge >= 0.3 is 0 Å². The summed E-state index contributed by atoms with van der Waals surface area (Å²) in [6.45, 7) is 4.30. The smallest absolute Gasteiger partial charge is 0.170 e. The van der Waals surface area contributed by atoms with Crippen molar-refractivity contribution in [3.63, 3.8) is 0 Å². The van der Waals surface area contributed by atoms with Gasteiger partial charge in [0, 0.05) is 24.2 Å². The lowest BCUT2D eigenvalue weighted by Crippen LogP contribution is -2.09. The third-order valence-corrected chi connectivity index (χ3v) is 3.31. The fourth-order valence-corrected chi connectivity index (χ4v) is 2.13. The number of pyridine rings is 1. The molecule has 0 unspecified atom stereocenters. The Morgan fingerprint density at radius 2 is 2.11 bits per heavy atom. The molecule has 2 aromatic rings. The van der Waals surface area contributed by atoms with E-state index in [1.54, 1.807) is 24.5 Å². The van der Waals surface area contributed by atoms with Crippen LogP contribution in [-0.4, -0.2) is 20.5 Å². The monoisotopic (exact) mass is 257 g/mol. The zero-order valence-corrected chi connectivity index (χ0v) is 11.4. The zero-order valence-electron chi connectivity index (χ0n) is 11.4. The molecule has 4 nitrogen and oxygen atoms in total. The van der Waals surface area contributed by atoms with Crippen LogP contribution in [0.2, 0.25) is 0 Å². The van der Waals surface area contributed by atoms with E-state index in [0.29, 0.717) is 18.0 Å². The molecular formula is C15H19N3O. The summed E-state index contributed by atoms with van der Waals surface area (Å²) in [4.78, 5) is 16.0. The molecule has 0 saturated heterocycles. The Morgan fingerprint density at radius 1 is 1.32 bits per heavy atom. The molecule has 0 spiro atoms. The SMILES string of the molecule is CCC(CC)n1ccc(CC(=O)c2cccnc2)n1. The first kappa shape index (κ1) is 13.5. The molecule has 0 saturated carbocycles. The summed E-state index contributed by atoms with van der Waals surface area (Å²) < 4.78 is 1.96. The molecule has 0 aliphatic carbocycles. The van der Waals surface area contributed by atoms with E-state index in [4.69, 9.17) is 0 Å². The van der Waals surface area contributed by atoms with Gasteiger partial charge in [-0.1, -0.05) is 13.8 Å². The van der Waals surface area contributed by atoms with E-state index in [0.717, 1.165) is 18.5 Å². The van der Waals surface area contributed by atoms with Crippen LogP contribution >= 0.6 is 0 Å². The molecule has 2 rings (SSSR count). The Hall–Kier alpha value is -1.97. The molecular weight excluding hydrogens is 238 g/mol. The second-order valence-electron chi connectivity index (χ2n) is 4.60. The quantitative estimate of drug-likeness (QED) is 0.747. The maximum atomic E-state index is 12.0. The van der Waals surface area contributed by atoms with Crippen molar-refractivity contribution in [2.45, 2.75) is 39.2 Å². The van der Waals surface area contributed by atoms with E-state index >= 15 is 0 Å². The molecule has 2 aromatic heterocycles. The van der Waals surface area contributed by atoms with Crippen molar-refractivity contribution in [3.05, 3.63) is 48.0 Å². The van der Waals surface area contributed by atoms with E-state index in [2.05, 4.69) is 23.9 Å². The average Bonchev–Trinajstić information content (AvgIpc) is 2.89. The first-order valence-corrected chi connectivity index (χ1v) is 6.71. The van der Waals surface area contributed by atoms with Gasteiger partial charge in [0.2, 0.25) is 0 Å². The third kappa shape index (κ3) is 3.28. The summed E-state index contributed by atoms with van der Waals surface area (Å²) in [5, 5.41) is 4.49. The second kappa shape index (κ2) is 6.27. The molecule has 19 heavy (non-hydrogen) atoms. The highest BCUT2D eigenvalue weighted by Gasteiger charge is 2.11. The third-order valence-electron chi connectivity index (χ3n) is 3.31. The highest BCUT2D eigenvalue weighted by Crippen LogP contribution is 2.15. The highest BCUT2D eigenvalue weighted by atomic mass is 16.1. The second-order valence-corrected chi connectivity index (χ2v) is 4.60. The van der Waals surface area contributed by atoms with E-state index in [1.165, 1.54) is 0 Å². The maximum Gasteiger partial charge on any atom is 0.170 e. The normalized spacial score (nSPS) is 10.9. The topological polar surface area (TPSA) is 47.8 Å². The number of aromatic nitrogens is 3. The van der Waals surface area contributed by atoms with Gasteiger partial charge in [-0.05, 0) is 31.0 Å². The predicted octanol–water partition coefficient (Wildman–Crippen LogP) is 3.06. The largest absolute Gasteiger partial charge is 0.294 e. The minimum Gasteiger partial charge on any atom is -0.294 e. The van der Waals surface area contributed by atoms with Crippen molar-refractivity contribution in [2.24, 2.45) is 0 Å². The van der Waals surface area contributed by atoms with Gasteiger partial charge in [-0.15, -0.1) is 0 Å². The van der Waals surface area contributed by atoms with E-state index in [9.17, 15) is 4.79 Å². The number of carbonyl (C=O) groups excluding carboxylic acids is 1. The van der Waals surface area contributed by atoms with E-state index in [1.807, 2.05) is 16.9 Å². The Kier molecular flexibility index (Phi) is 4.44. The minimum absolute atomic E-state index is 0.0582. The lowest BCUT2D eigenvalue weighted by molar-refractivity contribution is 0.0991. The van der Waals surface area contributed by atoms with Gasteiger partial charge in [0.25, 0.3) is 0 Å². The van der Waals surface area contributed by atoms with Gasteiger partial charge in [-0.25, -0.2) is 0 Å². The first-order chi connectivity index (χ1) is 9.24. The maximum absolute atomic E-state index is 12.0. The van der Waals surface area contributed by atoms with Gasteiger partial charge in [0.05, 0.1) is 18.2 Å². The Bertz CT molecular complexity index is 529. The molecule has 2 heterocycles. The van der Waals surface area contributed by atoms with Gasteiger partial charge < -0.3 is 0 Å². The molecule has 0 aliphatic rings. The number of hydrogen-bond acceptors (Lipinski definition) is 3. The van der Waals surface area contributed by atoms with Gasteiger partial charge in [-0.3, -0.25) is 14.5 Å². The summed E-state index contributed by atoms with van der Waals surface area (Å²) in [7, 11) is 0. The predicted molar refractivity (Wildman–Crippen MR) is 74.1 cm³/mol.